The van der Waals surface area contributed by atoms with E-state index in [1.54, 1.807) is 18.1 Å². The van der Waals surface area contributed by atoms with E-state index in [0.717, 1.165) is 20.5 Å². The van der Waals surface area contributed by atoms with Gasteiger partial charge in [-0.25, -0.2) is 4.98 Å². The monoisotopic (exact) mass is 223 g/mol. The van der Waals surface area contributed by atoms with Crippen molar-refractivity contribution in [3.05, 3.63) is 30.1 Å². The zero-order chi connectivity index (χ0) is 9.97. The molecule has 1 aromatic carbocycles. The highest BCUT2D eigenvalue weighted by Gasteiger charge is 2.01. The molecule has 2 aromatic rings. The highest BCUT2D eigenvalue weighted by atomic mass is 32.2. The SMILES string of the molecule is Cc1cc(N)cc(Sc2ncns2)c1. The Morgan fingerprint density at radius 3 is 2.86 bits per heavy atom. The van der Waals surface area contributed by atoms with Crippen molar-refractivity contribution in [3.8, 4) is 0 Å². The molecule has 1 heterocycles. The van der Waals surface area contributed by atoms with Gasteiger partial charge in [-0.3, -0.25) is 0 Å². The lowest BCUT2D eigenvalue weighted by molar-refractivity contribution is 1.21. The van der Waals surface area contributed by atoms with Crippen LogP contribution in [0.25, 0.3) is 0 Å². The fraction of sp³-hybridized carbons (Fsp3) is 0.111. The Morgan fingerprint density at radius 1 is 1.36 bits per heavy atom. The number of nitrogen functional groups attached to an aromatic ring is 1. The molecule has 0 bridgehead atoms. The summed E-state index contributed by atoms with van der Waals surface area (Å²) in [5, 5.41) is 0. The molecule has 72 valence electrons. The quantitative estimate of drug-likeness (QED) is 0.795. The second kappa shape index (κ2) is 3.98. The molecule has 14 heavy (non-hydrogen) atoms. The number of nitrogens with zero attached hydrogens (tertiary/aromatic N) is 2. The van der Waals surface area contributed by atoms with E-state index in [1.807, 2.05) is 19.1 Å². The fourth-order valence-corrected chi connectivity index (χ4v) is 2.73. The number of aryl methyl sites for hydroxylation is 1. The van der Waals surface area contributed by atoms with Gasteiger partial charge in [-0.1, -0.05) is 11.8 Å². The average Bonchev–Trinajstić information content (AvgIpc) is 2.54. The minimum atomic E-state index is 0.789. The van der Waals surface area contributed by atoms with Crippen LogP contribution in [0.15, 0.2) is 33.8 Å². The molecular weight excluding hydrogens is 214 g/mol. The standard InChI is InChI=1S/C9H9N3S2/c1-6-2-7(10)4-8(3-6)13-9-11-5-12-14-9/h2-5H,10H2,1H3. The molecular formula is C9H9N3S2. The molecule has 0 amide bonds. The third kappa shape index (κ3) is 2.24. The topological polar surface area (TPSA) is 51.8 Å². The number of rotatable bonds is 2. The lowest BCUT2D eigenvalue weighted by atomic mass is 10.2. The van der Waals surface area contributed by atoms with Crippen molar-refractivity contribution in [1.82, 2.24) is 9.36 Å². The van der Waals surface area contributed by atoms with E-state index in [0.29, 0.717) is 0 Å². The molecule has 0 saturated heterocycles. The zero-order valence-corrected chi connectivity index (χ0v) is 9.23. The molecule has 0 aliphatic heterocycles. The summed E-state index contributed by atoms with van der Waals surface area (Å²) in [4.78, 5) is 5.21. The third-order valence-corrected chi connectivity index (χ3v) is 3.31. The number of hydrogen-bond donors (Lipinski definition) is 1. The normalized spacial score (nSPS) is 10.4. The van der Waals surface area contributed by atoms with Crippen molar-refractivity contribution >= 4 is 29.0 Å². The molecule has 5 heteroatoms. The summed E-state index contributed by atoms with van der Waals surface area (Å²) in [7, 11) is 0. The molecule has 3 nitrogen and oxygen atoms in total. The van der Waals surface area contributed by atoms with Crippen LogP contribution in [0.4, 0.5) is 5.69 Å². The van der Waals surface area contributed by atoms with Gasteiger partial charge in [0, 0.05) is 10.6 Å². The minimum Gasteiger partial charge on any atom is -0.399 e. The Morgan fingerprint density at radius 2 is 2.21 bits per heavy atom. The van der Waals surface area contributed by atoms with Gasteiger partial charge in [0.15, 0.2) is 4.34 Å². The first-order valence-corrected chi connectivity index (χ1v) is 5.65. The first-order chi connectivity index (χ1) is 6.74. The van der Waals surface area contributed by atoms with Crippen LogP contribution in [0.3, 0.4) is 0 Å². The highest BCUT2D eigenvalue weighted by Crippen LogP contribution is 2.29. The fourth-order valence-electron chi connectivity index (χ4n) is 1.14. The van der Waals surface area contributed by atoms with Gasteiger partial charge in [-0.05, 0) is 42.2 Å². The maximum absolute atomic E-state index is 5.74. The van der Waals surface area contributed by atoms with E-state index in [1.165, 1.54) is 11.5 Å². The van der Waals surface area contributed by atoms with Crippen LogP contribution in [0.5, 0.6) is 0 Å². The number of anilines is 1. The minimum absolute atomic E-state index is 0.789. The van der Waals surface area contributed by atoms with Crippen molar-refractivity contribution < 1.29 is 0 Å². The van der Waals surface area contributed by atoms with Crippen molar-refractivity contribution in [2.45, 2.75) is 16.2 Å². The lowest BCUT2D eigenvalue weighted by Crippen LogP contribution is -1.86. The number of nitrogens with two attached hydrogens (primary N) is 1. The average molecular weight is 223 g/mol. The Kier molecular flexibility index (Phi) is 2.69. The van der Waals surface area contributed by atoms with E-state index in [9.17, 15) is 0 Å². The largest absolute Gasteiger partial charge is 0.399 e. The van der Waals surface area contributed by atoms with E-state index in [-0.39, 0.29) is 0 Å². The molecule has 2 N–H and O–H groups in total. The van der Waals surface area contributed by atoms with Crippen molar-refractivity contribution in [2.75, 3.05) is 5.73 Å². The Labute approximate surface area is 90.5 Å². The van der Waals surface area contributed by atoms with Crippen LogP contribution in [-0.2, 0) is 0 Å². The van der Waals surface area contributed by atoms with Crippen molar-refractivity contribution in [3.63, 3.8) is 0 Å². The third-order valence-electron chi connectivity index (χ3n) is 1.62. The summed E-state index contributed by atoms with van der Waals surface area (Å²) < 4.78 is 4.88. The second-order valence-corrected chi connectivity index (χ2v) is 4.99. The molecule has 0 spiro atoms. The van der Waals surface area contributed by atoms with Crippen LogP contribution in [0.1, 0.15) is 5.56 Å². The van der Waals surface area contributed by atoms with E-state index >= 15 is 0 Å². The maximum Gasteiger partial charge on any atom is 0.174 e. The lowest BCUT2D eigenvalue weighted by Gasteiger charge is -2.01. The first-order valence-electron chi connectivity index (χ1n) is 4.06. The molecule has 2 rings (SSSR count). The summed E-state index contributed by atoms with van der Waals surface area (Å²) in [6, 6.07) is 5.98. The maximum atomic E-state index is 5.74. The van der Waals surface area contributed by atoms with Gasteiger partial charge in [0.1, 0.15) is 6.33 Å². The van der Waals surface area contributed by atoms with Crippen LogP contribution in [0, 0.1) is 6.92 Å². The predicted molar refractivity (Wildman–Crippen MR) is 59.6 cm³/mol. The van der Waals surface area contributed by atoms with Crippen LogP contribution < -0.4 is 5.73 Å². The van der Waals surface area contributed by atoms with E-state index in [4.69, 9.17) is 5.73 Å². The smallest absolute Gasteiger partial charge is 0.174 e. The summed E-state index contributed by atoms with van der Waals surface area (Å²) >= 11 is 2.98. The molecule has 0 aliphatic rings. The predicted octanol–water partition coefficient (Wildman–Crippen LogP) is 2.58. The first kappa shape index (κ1) is 9.48. The number of hydrogen-bond acceptors (Lipinski definition) is 5. The summed E-state index contributed by atoms with van der Waals surface area (Å²) in [5.74, 6) is 0. The molecule has 0 radical (unpaired) electrons. The molecule has 0 unspecified atom stereocenters. The van der Waals surface area contributed by atoms with Gasteiger partial charge in [-0.15, -0.1) is 0 Å². The Balaban J connectivity index is 2.25. The van der Waals surface area contributed by atoms with Crippen molar-refractivity contribution in [2.24, 2.45) is 0 Å². The van der Waals surface area contributed by atoms with Crippen LogP contribution >= 0.6 is 23.3 Å². The molecule has 0 fully saturated rings. The Hall–Kier alpha value is -1.07. The molecule has 0 saturated carbocycles. The van der Waals surface area contributed by atoms with Crippen molar-refractivity contribution in [1.29, 1.82) is 0 Å². The number of aromatic nitrogens is 2. The van der Waals surface area contributed by atoms with Gasteiger partial charge >= 0.3 is 0 Å². The van der Waals surface area contributed by atoms with E-state index < -0.39 is 0 Å². The van der Waals surface area contributed by atoms with Gasteiger partial charge in [0.2, 0.25) is 0 Å². The zero-order valence-electron chi connectivity index (χ0n) is 7.60. The molecule has 0 atom stereocenters. The summed E-state index contributed by atoms with van der Waals surface area (Å²) in [5.41, 5.74) is 7.70. The van der Waals surface area contributed by atoms with Crippen LogP contribution in [-0.4, -0.2) is 9.36 Å². The second-order valence-electron chi connectivity index (χ2n) is 2.89. The van der Waals surface area contributed by atoms with Gasteiger partial charge in [-0.2, -0.15) is 4.37 Å². The molecule has 1 aromatic heterocycles. The summed E-state index contributed by atoms with van der Waals surface area (Å²) in [6.45, 7) is 2.03. The van der Waals surface area contributed by atoms with Crippen LogP contribution in [0.2, 0.25) is 0 Å². The molecule has 0 aliphatic carbocycles. The summed E-state index contributed by atoms with van der Waals surface area (Å²) in [6.07, 6.45) is 1.56. The van der Waals surface area contributed by atoms with E-state index in [2.05, 4.69) is 15.4 Å². The highest BCUT2D eigenvalue weighted by molar-refractivity contribution is 8.01. The van der Waals surface area contributed by atoms with Gasteiger partial charge in [0.25, 0.3) is 0 Å². The van der Waals surface area contributed by atoms with Gasteiger partial charge in [0.05, 0.1) is 0 Å². The van der Waals surface area contributed by atoms with Gasteiger partial charge < -0.3 is 5.73 Å². The number of benzene rings is 1. The Bertz CT molecular complexity index is 405.